The average molecular weight is 387 g/mol. The van der Waals surface area contributed by atoms with Crippen LogP contribution in [0.2, 0.25) is 0 Å². The van der Waals surface area contributed by atoms with Crippen LogP contribution in [-0.4, -0.2) is 54.0 Å². The summed E-state index contributed by atoms with van der Waals surface area (Å²) in [6.07, 6.45) is 2.02. The third kappa shape index (κ3) is 3.60. The lowest BCUT2D eigenvalue weighted by molar-refractivity contribution is -0.137. The maximum absolute atomic E-state index is 12.9. The molecule has 1 aromatic rings. The molecule has 3 amide bonds. The standard InChI is InChI=1S/C20H25N3O5/c1-4-7-22-15-6-5-13(10-16(15)28-12-20(2,3)19(22)27)21-14-11-17(25)23(8-9-24)18(14)26/h5-6,10-11,21,24H,4,7-9,12H2,1-3H3. The van der Waals surface area contributed by atoms with Crippen LogP contribution in [0.1, 0.15) is 27.2 Å². The summed E-state index contributed by atoms with van der Waals surface area (Å²) in [5.41, 5.74) is 0.741. The fourth-order valence-corrected chi connectivity index (χ4v) is 3.24. The van der Waals surface area contributed by atoms with Crippen molar-refractivity contribution in [1.29, 1.82) is 0 Å². The molecule has 3 rings (SSSR count). The lowest BCUT2D eigenvalue weighted by Crippen LogP contribution is -2.42. The summed E-state index contributed by atoms with van der Waals surface area (Å²) in [6.45, 7) is 6.21. The summed E-state index contributed by atoms with van der Waals surface area (Å²) in [5, 5.41) is 11.9. The Balaban J connectivity index is 1.87. The highest BCUT2D eigenvalue weighted by molar-refractivity contribution is 6.17. The minimum absolute atomic E-state index is 0.00716. The van der Waals surface area contributed by atoms with Gasteiger partial charge in [-0.15, -0.1) is 0 Å². The number of nitrogens with zero attached hydrogens (tertiary/aromatic N) is 2. The number of carbonyl (C=O) groups excluding carboxylic acids is 3. The van der Waals surface area contributed by atoms with Crippen LogP contribution in [-0.2, 0) is 14.4 Å². The van der Waals surface area contributed by atoms with Gasteiger partial charge in [0, 0.05) is 24.4 Å². The van der Waals surface area contributed by atoms with Crippen molar-refractivity contribution in [2.24, 2.45) is 5.41 Å². The van der Waals surface area contributed by atoms with E-state index < -0.39 is 17.2 Å². The molecule has 0 unspecified atom stereocenters. The molecule has 0 radical (unpaired) electrons. The number of rotatable bonds is 6. The molecule has 8 nitrogen and oxygen atoms in total. The van der Waals surface area contributed by atoms with Gasteiger partial charge in [0.15, 0.2) is 0 Å². The highest BCUT2D eigenvalue weighted by Gasteiger charge is 2.37. The number of hydrogen-bond donors (Lipinski definition) is 2. The summed E-state index contributed by atoms with van der Waals surface area (Å²) >= 11 is 0. The van der Waals surface area contributed by atoms with Crippen molar-refractivity contribution < 1.29 is 24.2 Å². The summed E-state index contributed by atoms with van der Waals surface area (Å²) in [4.78, 5) is 39.8. The zero-order valence-electron chi connectivity index (χ0n) is 16.3. The molecule has 0 saturated heterocycles. The van der Waals surface area contributed by atoms with E-state index in [-0.39, 0.29) is 31.4 Å². The Morgan fingerprint density at radius 3 is 2.61 bits per heavy atom. The van der Waals surface area contributed by atoms with E-state index in [0.717, 1.165) is 11.3 Å². The van der Waals surface area contributed by atoms with Gasteiger partial charge in [0.1, 0.15) is 18.1 Å². The number of aliphatic hydroxyl groups is 1. The topological polar surface area (TPSA) is 99.2 Å². The van der Waals surface area contributed by atoms with Gasteiger partial charge in [0.05, 0.1) is 24.3 Å². The number of anilines is 2. The Morgan fingerprint density at radius 1 is 1.18 bits per heavy atom. The van der Waals surface area contributed by atoms with Gasteiger partial charge >= 0.3 is 0 Å². The van der Waals surface area contributed by atoms with Gasteiger partial charge < -0.3 is 20.1 Å². The fraction of sp³-hybridized carbons (Fsp3) is 0.450. The number of ether oxygens (including phenoxy) is 1. The first-order chi connectivity index (χ1) is 13.3. The van der Waals surface area contributed by atoms with Crippen LogP contribution in [0.25, 0.3) is 0 Å². The summed E-state index contributed by atoms with van der Waals surface area (Å²) in [5.74, 6) is -0.400. The SMILES string of the molecule is CCCN1C(=O)C(C)(C)COc2cc(NC3=CC(=O)N(CCO)C3=O)ccc21. The molecule has 0 spiro atoms. The minimum atomic E-state index is -0.650. The maximum atomic E-state index is 12.9. The number of nitrogens with one attached hydrogen (secondary N) is 1. The van der Waals surface area contributed by atoms with E-state index in [9.17, 15) is 14.4 Å². The molecule has 0 atom stereocenters. The van der Waals surface area contributed by atoms with Gasteiger partial charge in [-0.1, -0.05) is 6.92 Å². The normalized spacial score (nSPS) is 18.6. The van der Waals surface area contributed by atoms with Gasteiger partial charge in [-0.2, -0.15) is 0 Å². The van der Waals surface area contributed by atoms with Crippen molar-refractivity contribution in [1.82, 2.24) is 4.90 Å². The quantitative estimate of drug-likeness (QED) is 0.718. The molecule has 0 fully saturated rings. The molecule has 2 heterocycles. The molecule has 2 aliphatic heterocycles. The highest BCUT2D eigenvalue weighted by atomic mass is 16.5. The van der Waals surface area contributed by atoms with E-state index >= 15 is 0 Å². The Bertz CT molecular complexity index is 846. The molecule has 150 valence electrons. The first kappa shape index (κ1) is 19.9. The number of fused-ring (bicyclic) bond motifs is 1. The third-order valence-electron chi connectivity index (χ3n) is 4.72. The second kappa shape index (κ2) is 7.63. The molecule has 0 saturated carbocycles. The van der Waals surface area contributed by atoms with Gasteiger partial charge in [-0.3, -0.25) is 19.3 Å². The largest absolute Gasteiger partial charge is 0.490 e. The molecule has 0 aromatic heterocycles. The maximum Gasteiger partial charge on any atom is 0.277 e. The van der Waals surface area contributed by atoms with Crippen molar-refractivity contribution in [2.75, 3.05) is 36.5 Å². The molecular formula is C20H25N3O5. The Kier molecular flexibility index (Phi) is 5.42. The van der Waals surface area contributed by atoms with E-state index in [1.807, 2.05) is 20.8 Å². The van der Waals surface area contributed by atoms with Crippen LogP contribution in [0.4, 0.5) is 11.4 Å². The van der Waals surface area contributed by atoms with Crippen LogP contribution in [0.3, 0.4) is 0 Å². The van der Waals surface area contributed by atoms with Crippen LogP contribution in [0.15, 0.2) is 30.0 Å². The Labute approximate surface area is 163 Å². The third-order valence-corrected chi connectivity index (χ3v) is 4.72. The first-order valence-corrected chi connectivity index (χ1v) is 9.32. The second-order valence-electron chi connectivity index (χ2n) is 7.51. The molecule has 1 aromatic carbocycles. The average Bonchev–Trinajstić information content (AvgIpc) is 2.87. The number of benzene rings is 1. The van der Waals surface area contributed by atoms with E-state index in [2.05, 4.69) is 5.32 Å². The second-order valence-corrected chi connectivity index (χ2v) is 7.51. The van der Waals surface area contributed by atoms with E-state index in [4.69, 9.17) is 9.84 Å². The van der Waals surface area contributed by atoms with Gasteiger partial charge in [-0.05, 0) is 32.4 Å². The van der Waals surface area contributed by atoms with Crippen LogP contribution in [0, 0.1) is 5.41 Å². The predicted molar refractivity (Wildman–Crippen MR) is 104 cm³/mol. The monoisotopic (exact) mass is 387 g/mol. The fourth-order valence-electron chi connectivity index (χ4n) is 3.24. The van der Waals surface area contributed by atoms with E-state index in [1.54, 1.807) is 23.1 Å². The molecule has 0 aliphatic carbocycles. The number of hydrogen-bond acceptors (Lipinski definition) is 6. The molecule has 2 aliphatic rings. The van der Waals surface area contributed by atoms with Crippen molar-refractivity contribution in [2.45, 2.75) is 27.2 Å². The number of β-amino-alcohol motifs (C(OH)–C–C–N with tert-alkyl or cyclic N) is 1. The highest BCUT2D eigenvalue weighted by Crippen LogP contribution is 2.38. The smallest absolute Gasteiger partial charge is 0.277 e. The van der Waals surface area contributed by atoms with Crippen LogP contribution < -0.4 is 15.0 Å². The first-order valence-electron chi connectivity index (χ1n) is 9.32. The minimum Gasteiger partial charge on any atom is -0.490 e. The number of imide groups is 1. The number of carbonyl (C=O) groups is 3. The Hall–Kier alpha value is -2.87. The van der Waals surface area contributed by atoms with Crippen molar-refractivity contribution >= 4 is 29.1 Å². The summed E-state index contributed by atoms with van der Waals surface area (Å²) in [6, 6.07) is 5.24. The zero-order chi connectivity index (χ0) is 20.5. The molecule has 28 heavy (non-hydrogen) atoms. The number of amides is 3. The van der Waals surface area contributed by atoms with Crippen molar-refractivity contribution in [3.05, 3.63) is 30.0 Å². The lowest BCUT2D eigenvalue weighted by atomic mass is 9.93. The van der Waals surface area contributed by atoms with Crippen LogP contribution in [0.5, 0.6) is 5.75 Å². The zero-order valence-corrected chi connectivity index (χ0v) is 16.3. The van der Waals surface area contributed by atoms with E-state index in [1.165, 1.54) is 6.08 Å². The van der Waals surface area contributed by atoms with Crippen molar-refractivity contribution in [3.8, 4) is 5.75 Å². The molecule has 2 N–H and O–H groups in total. The summed E-state index contributed by atoms with van der Waals surface area (Å²) in [7, 11) is 0. The molecular weight excluding hydrogens is 362 g/mol. The van der Waals surface area contributed by atoms with Gasteiger partial charge in [0.2, 0.25) is 5.91 Å². The summed E-state index contributed by atoms with van der Waals surface area (Å²) < 4.78 is 5.91. The van der Waals surface area contributed by atoms with Crippen LogP contribution >= 0.6 is 0 Å². The molecule has 8 heteroatoms. The Morgan fingerprint density at radius 2 is 1.93 bits per heavy atom. The molecule has 0 bridgehead atoms. The van der Waals surface area contributed by atoms with Gasteiger partial charge in [0.25, 0.3) is 11.8 Å². The van der Waals surface area contributed by atoms with E-state index in [0.29, 0.717) is 23.7 Å². The predicted octanol–water partition coefficient (Wildman–Crippen LogP) is 1.51. The van der Waals surface area contributed by atoms with Gasteiger partial charge in [-0.25, -0.2) is 0 Å². The lowest BCUT2D eigenvalue weighted by Gasteiger charge is -2.27. The number of aliphatic hydroxyl groups excluding tert-OH is 1. The van der Waals surface area contributed by atoms with Crippen molar-refractivity contribution in [3.63, 3.8) is 0 Å².